The zero-order chi connectivity index (χ0) is 17.1. The Hall–Kier alpha value is -2.01. The Kier molecular flexibility index (Phi) is 4.92. The van der Waals surface area contributed by atoms with E-state index in [1.807, 2.05) is 11.3 Å². The van der Waals surface area contributed by atoms with Crippen molar-refractivity contribution in [1.82, 2.24) is 4.98 Å². The number of para-hydroxylation sites is 1. The number of fused-ring (bicyclic) bond motifs is 1. The Morgan fingerprint density at radius 3 is 2.56 bits per heavy atom. The largest absolute Gasteiger partial charge is 0.330 e. The maximum absolute atomic E-state index is 4.78. The fraction of sp³-hybridized carbons (Fsp3) is 0.190. The quantitative estimate of drug-likeness (QED) is 0.524. The number of thiazole rings is 1. The molecule has 1 atom stereocenters. The maximum Gasteiger partial charge on any atom is 0.148 e. The average Bonchev–Trinajstić information content (AvgIpc) is 3.32. The molecule has 4 aromatic rings. The molecule has 0 aliphatic rings. The Morgan fingerprint density at radius 2 is 1.84 bits per heavy atom. The van der Waals surface area contributed by atoms with Crippen LogP contribution in [0.15, 0.2) is 66.0 Å². The first-order valence-electron chi connectivity index (χ1n) is 8.63. The summed E-state index contributed by atoms with van der Waals surface area (Å²) < 4.78 is 1.27. The third kappa shape index (κ3) is 3.66. The molecule has 0 aliphatic carbocycles. The van der Waals surface area contributed by atoms with Crippen LogP contribution >= 0.6 is 22.7 Å². The monoisotopic (exact) mass is 365 g/mol. The first kappa shape index (κ1) is 16.5. The van der Waals surface area contributed by atoms with Crippen molar-refractivity contribution in [2.45, 2.75) is 25.9 Å². The van der Waals surface area contributed by atoms with Crippen LogP contribution in [-0.4, -0.2) is 4.98 Å². The Labute approximate surface area is 156 Å². The number of benzene rings is 2. The van der Waals surface area contributed by atoms with E-state index < -0.39 is 0 Å². The smallest absolute Gasteiger partial charge is 0.148 e. The van der Waals surface area contributed by atoms with Crippen molar-refractivity contribution in [3.05, 3.63) is 87.1 Å². The van der Waals surface area contributed by atoms with E-state index in [-0.39, 0.29) is 0 Å². The van der Waals surface area contributed by atoms with Crippen LogP contribution in [0.2, 0.25) is 0 Å². The molecule has 0 amide bonds. The van der Waals surface area contributed by atoms with Gasteiger partial charge in [-0.15, -0.1) is 22.7 Å². The molecule has 0 saturated carbocycles. The second-order valence-corrected chi connectivity index (χ2v) is 8.20. The lowest BCUT2D eigenvalue weighted by atomic mass is 10.0. The summed E-state index contributed by atoms with van der Waals surface area (Å²) in [5.74, 6) is 0. The van der Waals surface area contributed by atoms with Crippen LogP contribution in [0.5, 0.6) is 0 Å². The number of quaternary nitrogens is 1. The molecule has 2 heterocycles. The van der Waals surface area contributed by atoms with Crippen LogP contribution in [0.4, 0.5) is 0 Å². The van der Waals surface area contributed by atoms with E-state index in [0.29, 0.717) is 6.04 Å². The van der Waals surface area contributed by atoms with Gasteiger partial charge in [0.1, 0.15) is 17.6 Å². The number of hydrogen-bond donors (Lipinski definition) is 1. The number of hydrogen-bond acceptors (Lipinski definition) is 3. The minimum atomic E-state index is 0.331. The van der Waals surface area contributed by atoms with Gasteiger partial charge in [0.15, 0.2) is 0 Å². The number of thiophene rings is 1. The normalized spacial score (nSPS) is 12.5. The highest BCUT2D eigenvalue weighted by molar-refractivity contribution is 7.18. The lowest BCUT2D eigenvalue weighted by molar-refractivity contribution is -0.701. The number of rotatable bonds is 6. The van der Waals surface area contributed by atoms with E-state index >= 15 is 0 Å². The lowest BCUT2D eigenvalue weighted by Gasteiger charge is -2.14. The van der Waals surface area contributed by atoms with Crippen LogP contribution in [-0.2, 0) is 13.0 Å². The SMILES string of the molecule is CCc1ccc([C@@H]([NH2+]Cc2nc3ccccc3s2)c2cccs2)cc1. The van der Waals surface area contributed by atoms with Crippen molar-refractivity contribution in [1.29, 1.82) is 0 Å². The zero-order valence-corrected chi connectivity index (χ0v) is 15.8. The summed E-state index contributed by atoms with van der Waals surface area (Å²) in [7, 11) is 0. The first-order chi connectivity index (χ1) is 12.3. The fourth-order valence-corrected chi connectivity index (χ4v) is 4.86. The van der Waals surface area contributed by atoms with Gasteiger partial charge in [0.05, 0.1) is 15.1 Å². The minimum Gasteiger partial charge on any atom is -0.330 e. The maximum atomic E-state index is 4.78. The molecule has 2 aromatic heterocycles. The molecule has 0 bridgehead atoms. The summed E-state index contributed by atoms with van der Waals surface area (Å²) >= 11 is 3.63. The average molecular weight is 366 g/mol. The second kappa shape index (κ2) is 7.48. The topological polar surface area (TPSA) is 29.5 Å². The van der Waals surface area contributed by atoms with Crippen LogP contribution in [0.1, 0.15) is 34.0 Å². The van der Waals surface area contributed by atoms with Gasteiger partial charge in [-0.1, -0.05) is 49.4 Å². The molecule has 0 spiro atoms. The highest BCUT2D eigenvalue weighted by Gasteiger charge is 2.19. The molecule has 126 valence electrons. The summed E-state index contributed by atoms with van der Waals surface area (Å²) in [5, 5.41) is 5.76. The van der Waals surface area contributed by atoms with Gasteiger partial charge in [-0.25, -0.2) is 4.98 Å². The summed E-state index contributed by atoms with van der Waals surface area (Å²) in [4.78, 5) is 6.17. The molecular weight excluding hydrogens is 344 g/mol. The molecule has 25 heavy (non-hydrogen) atoms. The summed E-state index contributed by atoms with van der Waals surface area (Å²) in [6.07, 6.45) is 1.08. The van der Waals surface area contributed by atoms with E-state index in [1.165, 1.54) is 25.7 Å². The third-order valence-corrected chi connectivity index (χ3v) is 6.48. The summed E-state index contributed by atoms with van der Waals surface area (Å²) in [5.41, 5.74) is 3.86. The number of nitrogens with zero attached hydrogens (tertiary/aromatic N) is 1. The van der Waals surface area contributed by atoms with Gasteiger partial charge in [-0.2, -0.15) is 0 Å². The van der Waals surface area contributed by atoms with E-state index in [1.54, 1.807) is 11.3 Å². The van der Waals surface area contributed by atoms with Gasteiger partial charge in [0.2, 0.25) is 0 Å². The predicted molar refractivity (Wildman–Crippen MR) is 107 cm³/mol. The Morgan fingerprint density at radius 1 is 1.00 bits per heavy atom. The molecule has 2 N–H and O–H groups in total. The van der Waals surface area contributed by atoms with Gasteiger partial charge < -0.3 is 5.32 Å². The third-order valence-electron chi connectivity index (χ3n) is 4.46. The van der Waals surface area contributed by atoms with Crippen LogP contribution in [0.3, 0.4) is 0 Å². The molecule has 0 fully saturated rings. The molecule has 0 saturated heterocycles. The predicted octanol–water partition coefficient (Wildman–Crippen LogP) is 4.77. The number of aryl methyl sites for hydroxylation is 1. The highest BCUT2D eigenvalue weighted by Crippen LogP contribution is 2.24. The Balaban J connectivity index is 1.57. The van der Waals surface area contributed by atoms with E-state index in [2.05, 4.69) is 78.3 Å². The van der Waals surface area contributed by atoms with E-state index in [9.17, 15) is 0 Å². The minimum absolute atomic E-state index is 0.331. The van der Waals surface area contributed by atoms with Gasteiger partial charge in [-0.05, 0) is 35.6 Å². The van der Waals surface area contributed by atoms with Crippen molar-refractivity contribution in [2.75, 3.05) is 0 Å². The number of nitrogens with two attached hydrogens (primary N) is 1. The molecule has 4 rings (SSSR count). The van der Waals surface area contributed by atoms with Crippen molar-refractivity contribution < 1.29 is 5.32 Å². The number of aromatic nitrogens is 1. The fourth-order valence-electron chi connectivity index (χ4n) is 3.07. The van der Waals surface area contributed by atoms with E-state index in [0.717, 1.165) is 18.5 Å². The summed E-state index contributed by atoms with van der Waals surface area (Å²) in [6, 6.07) is 22.1. The molecule has 0 radical (unpaired) electrons. The molecule has 2 nitrogen and oxygen atoms in total. The van der Waals surface area contributed by atoms with Gasteiger partial charge >= 0.3 is 0 Å². The molecular formula is C21H21N2S2+. The van der Waals surface area contributed by atoms with Gasteiger partial charge in [0, 0.05) is 5.56 Å². The van der Waals surface area contributed by atoms with Gasteiger partial charge in [-0.3, -0.25) is 0 Å². The van der Waals surface area contributed by atoms with Crippen LogP contribution in [0, 0.1) is 0 Å². The van der Waals surface area contributed by atoms with E-state index in [4.69, 9.17) is 4.98 Å². The van der Waals surface area contributed by atoms with Crippen molar-refractivity contribution >= 4 is 32.9 Å². The van der Waals surface area contributed by atoms with Crippen molar-refractivity contribution in [3.63, 3.8) is 0 Å². The van der Waals surface area contributed by atoms with Crippen LogP contribution in [0.25, 0.3) is 10.2 Å². The van der Waals surface area contributed by atoms with Crippen LogP contribution < -0.4 is 5.32 Å². The molecule has 0 aliphatic heterocycles. The molecule has 2 aromatic carbocycles. The molecule has 4 heteroatoms. The Bertz CT molecular complexity index is 907. The summed E-state index contributed by atoms with van der Waals surface area (Å²) in [6.45, 7) is 3.10. The lowest BCUT2D eigenvalue weighted by Crippen LogP contribution is -2.83. The second-order valence-electron chi connectivity index (χ2n) is 6.10. The van der Waals surface area contributed by atoms with Gasteiger partial charge in [0.25, 0.3) is 0 Å². The highest BCUT2D eigenvalue weighted by atomic mass is 32.1. The van der Waals surface area contributed by atoms with Crippen molar-refractivity contribution in [2.24, 2.45) is 0 Å². The zero-order valence-electron chi connectivity index (χ0n) is 14.2. The molecule has 0 unspecified atom stereocenters. The van der Waals surface area contributed by atoms with Crippen molar-refractivity contribution in [3.8, 4) is 0 Å². The first-order valence-corrected chi connectivity index (χ1v) is 10.3. The standard InChI is InChI=1S/C21H20N2S2/c1-2-15-9-11-16(12-10-15)21(19-8-5-13-24-19)22-14-20-23-17-6-3-4-7-18(17)25-20/h3-13,21-22H,2,14H2,1H3/p+1/t21-/m1/s1.